The number of fused-ring (bicyclic) bond motifs is 1. The van der Waals surface area contributed by atoms with Crippen molar-refractivity contribution in [1.29, 1.82) is 0 Å². The summed E-state index contributed by atoms with van der Waals surface area (Å²) >= 11 is 0. The second kappa shape index (κ2) is 8.44. The maximum atomic E-state index is 13.3. The summed E-state index contributed by atoms with van der Waals surface area (Å²) in [6.45, 7) is 4.03. The molecule has 156 valence electrons. The molecule has 0 saturated heterocycles. The van der Waals surface area contributed by atoms with E-state index in [2.05, 4.69) is 5.10 Å². The minimum atomic E-state index is -0.239. The molecule has 4 rings (SSSR count). The Labute approximate surface area is 180 Å². The minimum absolute atomic E-state index is 0.239. The van der Waals surface area contributed by atoms with Crippen LogP contribution in [0.3, 0.4) is 0 Å². The van der Waals surface area contributed by atoms with Crippen LogP contribution in [0.25, 0.3) is 22.3 Å². The molecule has 0 unspecified atom stereocenters. The Morgan fingerprint density at radius 2 is 1.71 bits per heavy atom. The number of aromatic nitrogens is 2. The van der Waals surface area contributed by atoms with Crippen molar-refractivity contribution < 1.29 is 9.47 Å². The van der Waals surface area contributed by atoms with Gasteiger partial charge in [-0.1, -0.05) is 35.9 Å². The quantitative estimate of drug-likeness (QED) is 0.449. The van der Waals surface area contributed by atoms with Gasteiger partial charge >= 0.3 is 0 Å². The van der Waals surface area contributed by atoms with E-state index in [1.54, 1.807) is 38.6 Å². The SMILES string of the molecule is COc1ccc(-c2nc3ccccc3c(=O)n2N=Cc2cc(C)ccc2C)cc1OC. The van der Waals surface area contributed by atoms with Gasteiger partial charge in [0.1, 0.15) is 0 Å². The van der Waals surface area contributed by atoms with E-state index in [1.165, 1.54) is 4.68 Å². The fourth-order valence-corrected chi connectivity index (χ4v) is 3.41. The summed E-state index contributed by atoms with van der Waals surface area (Å²) in [6, 6.07) is 18.8. The van der Waals surface area contributed by atoms with Crippen molar-refractivity contribution in [2.75, 3.05) is 14.2 Å². The van der Waals surface area contributed by atoms with Crippen LogP contribution in [0.5, 0.6) is 11.5 Å². The van der Waals surface area contributed by atoms with Gasteiger partial charge in [0.15, 0.2) is 17.3 Å². The molecule has 0 bridgehead atoms. The van der Waals surface area contributed by atoms with Crippen LogP contribution < -0.4 is 15.0 Å². The molecule has 0 aliphatic carbocycles. The molecule has 0 N–H and O–H groups in total. The number of hydrogen-bond donors (Lipinski definition) is 0. The largest absolute Gasteiger partial charge is 0.493 e. The molecule has 6 nitrogen and oxygen atoms in total. The summed E-state index contributed by atoms with van der Waals surface area (Å²) in [5, 5.41) is 5.05. The molecule has 0 atom stereocenters. The zero-order chi connectivity index (χ0) is 22.0. The summed E-state index contributed by atoms with van der Waals surface area (Å²) < 4.78 is 12.1. The van der Waals surface area contributed by atoms with E-state index in [4.69, 9.17) is 14.5 Å². The fourth-order valence-electron chi connectivity index (χ4n) is 3.41. The van der Waals surface area contributed by atoms with Crippen molar-refractivity contribution in [1.82, 2.24) is 9.66 Å². The normalized spacial score (nSPS) is 11.2. The number of aryl methyl sites for hydroxylation is 2. The van der Waals surface area contributed by atoms with Gasteiger partial charge in [-0.25, -0.2) is 4.98 Å². The molecule has 0 aliphatic rings. The fraction of sp³-hybridized carbons (Fsp3) is 0.160. The average molecular weight is 413 g/mol. The van der Waals surface area contributed by atoms with Gasteiger partial charge in [-0.15, -0.1) is 0 Å². The Morgan fingerprint density at radius 1 is 0.935 bits per heavy atom. The van der Waals surface area contributed by atoms with Gasteiger partial charge in [0.2, 0.25) is 0 Å². The highest BCUT2D eigenvalue weighted by Crippen LogP contribution is 2.31. The molecular weight excluding hydrogens is 390 g/mol. The maximum Gasteiger partial charge on any atom is 0.282 e. The number of rotatable bonds is 5. The van der Waals surface area contributed by atoms with E-state index >= 15 is 0 Å². The maximum absolute atomic E-state index is 13.3. The van der Waals surface area contributed by atoms with Crippen molar-refractivity contribution in [3.8, 4) is 22.9 Å². The van der Waals surface area contributed by atoms with Crippen LogP contribution in [-0.4, -0.2) is 30.1 Å². The van der Waals surface area contributed by atoms with Crippen molar-refractivity contribution in [2.24, 2.45) is 5.10 Å². The van der Waals surface area contributed by atoms with E-state index in [-0.39, 0.29) is 5.56 Å². The first-order chi connectivity index (χ1) is 15.0. The summed E-state index contributed by atoms with van der Waals surface area (Å²) in [5.74, 6) is 1.57. The van der Waals surface area contributed by atoms with Gasteiger partial charge in [-0.05, 0) is 55.3 Å². The van der Waals surface area contributed by atoms with Gasteiger partial charge < -0.3 is 9.47 Å². The number of ether oxygens (including phenoxy) is 2. The third-order valence-corrected chi connectivity index (χ3v) is 5.14. The Morgan fingerprint density at radius 3 is 2.48 bits per heavy atom. The molecular formula is C25H23N3O3. The molecule has 4 aromatic rings. The highest BCUT2D eigenvalue weighted by Gasteiger charge is 2.15. The first kappa shape index (κ1) is 20.3. The molecule has 1 aromatic heterocycles. The van der Waals surface area contributed by atoms with Gasteiger partial charge in [0, 0.05) is 5.56 Å². The lowest BCUT2D eigenvalue weighted by Gasteiger charge is -2.12. The first-order valence-corrected chi connectivity index (χ1v) is 9.87. The number of benzene rings is 3. The molecule has 0 fully saturated rings. The summed E-state index contributed by atoms with van der Waals surface area (Å²) in [6.07, 6.45) is 1.70. The standard InChI is InChI=1S/C25H23N3O3/c1-16-9-10-17(2)19(13-16)15-26-28-24(18-11-12-22(30-3)23(14-18)31-4)27-21-8-6-5-7-20(21)25(28)29/h5-15H,1-4H3. The van der Waals surface area contributed by atoms with Crippen molar-refractivity contribution in [2.45, 2.75) is 13.8 Å². The van der Waals surface area contributed by atoms with Crippen LogP contribution >= 0.6 is 0 Å². The van der Waals surface area contributed by atoms with Crippen LogP contribution in [0.15, 0.2) is 70.6 Å². The molecule has 6 heteroatoms. The molecule has 0 amide bonds. The average Bonchev–Trinajstić information content (AvgIpc) is 2.80. The van der Waals surface area contributed by atoms with Crippen molar-refractivity contribution in [3.05, 3.63) is 87.7 Å². The van der Waals surface area contributed by atoms with Gasteiger partial charge in [0.25, 0.3) is 5.56 Å². The lowest BCUT2D eigenvalue weighted by Crippen LogP contribution is -2.20. The van der Waals surface area contributed by atoms with Crippen LogP contribution in [0.2, 0.25) is 0 Å². The van der Waals surface area contributed by atoms with Gasteiger partial charge in [-0.3, -0.25) is 4.79 Å². The van der Waals surface area contributed by atoms with Crippen molar-refractivity contribution in [3.63, 3.8) is 0 Å². The predicted octanol–water partition coefficient (Wildman–Crippen LogP) is 4.58. The Bertz CT molecular complexity index is 1360. The molecule has 0 saturated carbocycles. The minimum Gasteiger partial charge on any atom is -0.493 e. The highest BCUT2D eigenvalue weighted by atomic mass is 16.5. The second-order valence-corrected chi connectivity index (χ2v) is 7.24. The van der Waals surface area contributed by atoms with Crippen LogP contribution in [0.1, 0.15) is 16.7 Å². The Hall–Kier alpha value is -3.93. The van der Waals surface area contributed by atoms with Crippen molar-refractivity contribution >= 4 is 17.1 Å². The lowest BCUT2D eigenvalue weighted by molar-refractivity contribution is 0.355. The molecule has 0 radical (unpaired) electrons. The third kappa shape index (κ3) is 3.92. The smallest absolute Gasteiger partial charge is 0.282 e. The monoisotopic (exact) mass is 413 g/mol. The van der Waals surface area contributed by atoms with E-state index < -0.39 is 0 Å². The molecule has 31 heavy (non-hydrogen) atoms. The molecule has 0 aliphatic heterocycles. The van der Waals surface area contributed by atoms with E-state index in [0.29, 0.717) is 33.8 Å². The first-order valence-electron chi connectivity index (χ1n) is 9.87. The predicted molar refractivity (Wildman–Crippen MR) is 123 cm³/mol. The zero-order valence-corrected chi connectivity index (χ0v) is 17.9. The summed E-state index contributed by atoms with van der Waals surface area (Å²) in [5.41, 5.74) is 4.20. The summed E-state index contributed by atoms with van der Waals surface area (Å²) in [7, 11) is 3.15. The highest BCUT2D eigenvalue weighted by molar-refractivity contribution is 5.83. The van der Waals surface area contributed by atoms with E-state index in [9.17, 15) is 4.79 Å². The third-order valence-electron chi connectivity index (χ3n) is 5.14. The van der Waals surface area contributed by atoms with Gasteiger partial charge in [0.05, 0.1) is 31.3 Å². The number of para-hydroxylation sites is 1. The molecule has 3 aromatic carbocycles. The van der Waals surface area contributed by atoms with E-state index in [1.807, 2.05) is 56.3 Å². The van der Waals surface area contributed by atoms with Crippen LogP contribution in [0, 0.1) is 13.8 Å². The van der Waals surface area contributed by atoms with Gasteiger partial charge in [-0.2, -0.15) is 9.78 Å². The second-order valence-electron chi connectivity index (χ2n) is 7.24. The number of hydrogen-bond acceptors (Lipinski definition) is 5. The molecule has 1 heterocycles. The van der Waals surface area contributed by atoms with E-state index in [0.717, 1.165) is 16.7 Å². The lowest BCUT2D eigenvalue weighted by atomic mass is 10.1. The Kier molecular flexibility index (Phi) is 5.54. The number of nitrogens with zero attached hydrogens (tertiary/aromatic N) is 3. The van der Waals surface area contributed by atoms with Crippen LogP contribution in [-0.2, 0) is 0 Å². The topological polar surface area (TPSA) is 65.7 Å². The zero-order valence-electron chi connectivity index (χ0n) is 17.9. The Balaban J connectivity index is 1.95. The number of methoxy groups -OCH3 is 2. The summed E-state index contributed by atoms with van der Waals surface area (Å²) in [4.78, 5) is 18.1. The molecule has 0 spiro atoms. The van der Waals surface area contributed by atoms with Crippen LogP contribution in [0.4, 0.5) is 0 Å².